The van der Waals surface area contributed by atoms with Gasteiger partial charge in [0.25, 0.3) is 5.91 Å². The number of aromatic nitrogens is 2. The van der Waals surface area contributed by atoms with E-state index in [0.29, 0.717) is 19.0 Å². The Hall–Kier alpha value is -2.66. The van der Waals surface area contributed by atoms with Gasteiger partial charge < -0.3 is 14.4 Å². The van der Waals surface area contributed by atoms with E-state index >= 15 is 0 Å². The predicted octanol–water partition coefficient (Wildman–Crippen LogP) is 2.86. The second kappa shape index (κ2) is 5.43. The van der Waals surface area contributed by atoms with Crippen LogP contribution in [0.5, 0.6) is 0 Å². The fourth-order valence-corrected chi connectivity index (χ4v) is 3.71. The van der Waals surface area contributed by atoms with Crippen molar-refractivity contribution < 1.29 is 9.90 Å². The molecule has 1 saturated carbocycles. The van der Waals surface area contributed by atoms with Gasteiger partial charge in [0.15, 0.2) is 0 Å². The lowest BCUT2D eigenvalue weighted by Gasteiger charge is -2.13. The number of carbonyl (C=O) groups excluding carboxylic acids is 1. The molecule has 5 nitrogen and oxygen atoms in total. The van der Waals surface area contributed by atoms with E-state index in [4.69, 9.17) is 0 Å². The maximum atomic E-state index is 12.5. The summed E-state index contributed by atoms with van der Waals surface area (Å²) in [5.41, 5.74) is 5.62. The number of rotatable bonds is 4. The molecule has 1 fully saturated rings. The molecule has 2 aliphatic rings. The molecule has 2 aromatic heterocycles. The maximum absolute atomic E-state index is 12.5. The van der Waals surface area contributed by atoms with Gasteiger partial charge >= 0.3 is 0 Å². The smallest absolute Gasteiger partial charge is 0.254 e. The third kappa shape index (κ3) is 2.43. The molecule has 126 valence electrons. The normalized spacial score (nSPS) is 16.7. The molecule has 3 aromatic rings. The summed E-state index contributed by atoms with van der Waals surface area (Å²) in [5.74, 6) is 0.684. The third-order valence-electron chi connectivity index (χ3n) is 5.17. The van der Waals surface area contributed by atoms with E-state index in [9.17, 15) is 9.90 Å². The van der Waals surface area contributed by atoms with Crippen LogP contribution in [0.2, 0.25) is 0 Å². The number of hydrogen-bond acceptors (Lipinski definition) is 3. The Morgan fingerprint density at radius 1 is 1.20 bits per heavy atom. The molecule has 0 bridgehead atoms. The average Bonchev–Trinajstić information content (AvgIpc) is 3.33. The number of benzene rings is 1. The molecule has 0 unspecified atom stereocenters. The largest absolute Gasteiger partial charge is 0.392 e. The number of nitrogens with zero attached hydrogens (tertiary/aromatic N) is 3. The number of aliphatic hydroxyl groups excluding tert-OH is 1. The fourth-order valence-electron chi connectivity index (χ4n) is 3.71. The summed E-state index contributed by atoms with van der Waals surface area (Å²) in [6, 6.07) is 9.82. The number of pyridine rings is 1. The molecule has 0 radical (unpaired) electrons. The zero-order valence-corrected chi connectivity index (χ0v) is 13.9. The topological polar surface area (TPSA) is 57.8 Å². The summed E-state index contributed by atoms with van der Waals surface area (Å²) in [4.78, 5) is 19.0. The first kappa shape index (κ1) is 14.7. The van der Waals surface area contributed by atoms with Crippen molar-refractivity contribution in [2.45, 2.75) is 38.5 Å². The van der Waals surface area contributed by atoms with Gasteiger partial charge in [0, 0.05) is 30.1 Å². The molecule has 1 N–H and O–H groups in total. The highest BCUT2D eigenvalue weighted by atomic mass is 16.3. The molecular weight excluding hydrogens is 314 g/mol. The van der Waals surface area contributed by atoms with Crippen molar-refractivity contribution in [3.8, 4) is 0 Å². The number of hydrogen-bond donors (Lipinski definition) is 1. The van der Waals surface area contributed by atoms with Gasteiger partial charge in [-0.25, -0.2) is 4.98 Å². The number of aliphatic hydroxyl groups is 1. The molecule has 1 amide bonds. The number of amides is 1. The number of fused-ring (bicyclic) bond motifs is 2. The maximum Gasteiger partial charge on any atom is 0.254 e. The Kier molecular flexibility index (Phi) is 3.18. The molecule has 1 aliphatic heterocycles. The standard InChI is InChI=1S/C20H19N3O2/c24-12-16-7-15(13-5-6-13)9-22-10-17(21-19(16)22)11-23-8-14-3-1-2-4-18(14)20(23)25/h1-4,7,9-10,13,24H,5-6,8,11-12H2. The van der Waals surface area contributed by atoms with E-state index in [1.165, 1.54) is 18.4 Å². The molecule has 1 aliphatic carbocycles. The molecule has 0 spiro atoms. The number of carbonyl (C=O) groups is 1. The monoisotopic (exact) mass is 333 g/mol. The van der Waals surface area contributed by atoms with Crippen LogP contribution in [-0.2, 0) is 19.7 Å². The van der Waals surface area contributed by atoms with E-state index in [1.807, 2.05) is 39.8 Å². The summed E-state index contributed by atoms with van der Waals surface area (Å²) >= 11 is 0. The first-order valence-electron chi connectivity index (χ1n) is 8.71. The molecule has 3 heterocycles. The van der Waals surface area contributed by atoms with Crippen molar-refractivity contribution >= 4 is 11.6 Å². The Morgan fingerprint density at radius 2 is 2.04 bits per heavy atom. The van der Waals surface area contributed by atoms with Crippen molar-refractivity contribution in [1.29, 1.82) is 0 Å². The lowest BCUT2D eigenvalue weighted by atomic mass is 10.1. The highest BCUT2D eigenvalue weighted by molar-refractivity contribution is 5.98. The summed E-state index contributed by atoms with van der Waals surface area (Å²) in [7, 11) is 0. The minimum absolute atomic E-state index is 0.0192. The van der Waals surface area contributed by atoms with Crippen LogP contribution < -0.4 is 0 Å². The summed E-state index contributed by atoms with van der Waals surface area (Å²) in [6.07, 6.45) is 6.54. The predicted molar refractivity (Wildman–Crippen MR) is 93.1 cm³/mol. The van der Waals surface area contributed by atoms with Crippen LogP contribution in [0, 0.1) is 0 Å². The lowest BCUT2D eigenvalue weighted by molar-refractivity contribution is 0.0765. The average molecular weight is 333 g/mol. The minimum atomic E-state index is -0.0192. The number of imidazole rings is 1. The molecule has 5 heteroatoms. The van der Waals surface area contributed by atoms with Gasteiger partial charge in [0.05, 0.1) is 18.8 Å². The SMILES string of the molecule is O=C1c2ccccc2CN1Cc1cn2cc(C3CC3)cc(CO)c2n1. The van der Waals surface area contributed by atoms with E-state index < -0.39 is 0 Å². The zero-order valence-electron chi connectivity index (χ0n) is 13.9. The van der Waals surface area contributed by atoms with Crippen LogP contribution in [0.1, 0.15) is 51.5 Å². The Balaban J connectivity index is 1.47. The molecule has 25 heavy (non-hydrogen) atoms. The van der Waals surface area contributed by atoms with Crippen LogP contribution in [0.25, 0.3) is 5.65 Å². The van der Waals surface area contributed by atoms with Crippen molar-refractivity contribution in [2.24, 2.45) is 0 Å². The molecular formula is C20H19N3O2. The van der Waals surface area contributed by atoms with E-state index in [-0.39, 0.29) is 12.5 Å². The van der Waals surface area contributed by atoms with Crippen molar-refractivity contribution in [3.05, 3.63) is 70.7 Å². The molecule has 0 saturated heterocycles. The van der Waals surface area contributed by atoms with Crippen LogP contribution in [0.4, 0.5) is 0 Å². The first-order valence-corrected chi connectivity index (χ1v) is 8.71. The molecule has 5 rings (SSSR count). The first-order chi connectivity index (χ1) is 12.2. The summed E-state index contributed by atoms with van der Waals surface area (Å²) < 4.78 is 2.00. The van der Waals surface area contributed by atoms with Crippen molar-refractivity contribution in [1.82, 2.24) is 14.3 Å². The van der Waals surface area contributed by atoms with E-state index in [2.05, 4.69) is 17.2 Å². The fraction of sp³-hybridized carbons (Fsp3) is 0.300. The molecule has 1 aromatic carbocycles. The quantitative estimate of drug-likeness (QED) is 0.799. The Bertz CT molecular complexity index is 988. The highest BCUT2D eigenvalue weighted by Gasteiger charge is 2.28. The van der Waals surface area contributed by atoms with Crippen molar-refractivity contribution in [2.75, 3.05) is 0 Å². The summed E-state index contributed by atoms with van der Waals surface area (Å²) in [6.45, 7) is 1.09. The van der Waals surface area contributed by atoms with Crippen LogP contribution in [-0.4, -0.2) is 25.3 Å². The van der Waals surface area contributed by atoms with Crippen LogP contribution in [0.15, 0.2) is 42.7 Å². The van der Waals surface area contributed by atoms with E-state index in [1.54, 1.807) is 0 Å². The minimum Gasteiger partial charge on any atom is -0.392 e. The van der Waals surface area contributed by atoms with Crippen LogP contribution in [0.3, 0.4) is 0 Å². The van der Waals surface area contributed by atoms with Gasteiger partial charge in [0.1, 0.15) is 5.65 Å². The highest BCUT2D eigenvalue weighted by Crippen LogP contribution is 2.40. The third-order valence-corrected chi connectivity index (χ3v) is 5.17. The van der Waals surface area contributed by atoms with Gasteiger partial charge in [-0.05, 0) is 42.0 Å². The van der Waals surface area contributed by atoms with Gasteiger partial charge in [-0.15, -0.1) is 0 Å². The van der Waals surface area contributed by atoms with E-state index in [0.717, 1.165) is 28.0 Å². The molecule has 0 atom stereocenters. The zero-order chi connectivity index (χ0) is 17.0. The second-order valence-corrected chi connectivity index (χ2v) is 7.01. The Labute approximate surface area is 145 Å². The van der Waals surface area contributed by atoms with Crippen LogP contribution >= 0.6 is 0 Å². The second-order valence-electron chi connectivity index (χ2n) is 7.01. The van der Waals surface area contributed by atoms with Gasteiger partial charge in [-0.3, -0.25) is 4.79 Å². The summed E-state index contributed by atoms with van der Waals surface area (Å²) in [5, 5.41) is 9.70. The van der Waals surface area contributed by atoms with Gasteiger partial charge in [-0.1, -0.05) is 18.2 Å². The van der Waals surface area contributed by atoms with Gasteiger partial charge in [-0.2, -0.15) is 0 Å². The van der Waals surface area contributed by atoms with Crippen molar-refractivity contribution in [3.63, 3.8) is 0 Å². The van der Waals surface area contributed by atoms with Gasteiger partial charge in [0.2, 0.25) is 0 Å². The lowest BCUT2D eigenvalue weighted by Crippen LogP contribution is -2.23. The Morgan fingerprint density at radius 3 is 2.80 bits per heavy atom.